The van der Waals surface area contributed by atoms with Gasteiger partial charge in [-0.1, -0.05) is 18.1 Å². The molecule has 2 amide bonds. The number of nitrogens with one attached hydrogen (secondary N) is 2. The van der Waals surface area contributed by atoms with Crippen molar-refractivity contribution in [3.05, 3.63) is 29.8 Å². The van der Waals surface area contributed by atoms with Gasteiger partial charge < -0.3 is 10.6 Å². The van der Waals surface area contributed by atoms with Gasteiger partial charge >= 0.3 is 6.03 Å². The van der Waals surface area contributed by atoms with Crippen LogP contribution >= 0.6 is 0 Å². The van der Waals surface area contributed by atoms with Crippen molar-refractivity contribution in [3.8, 4) is 12.3 Å². The normalized spacial score (nSPS) is 12.3. The van der Waals surface area contributed by atoms with Crippen LogP contribution in [0.2, 0.25) is 0 Å². The molecule has 0 bridgehead atoms. The molecule has 0 fully saturated rings. The van der Waals surface area contributed by atoms with Crippen LogP contribution in [0, 0.1) is 12.3 Å². The van der Waals surface area contributed by atoms with Gasteiger partial charge in [-0.05, 0) is 24.6 Å². The van der Waals surface area contributed by atoms with Crippen molar-refractivity contribution in [2.75, 3.05) is 6.54 Å². The van der Waals surface area contributed by atoms with E-state index in [0.29, 0.717) is 0 Å². The Morgan fingerprint density at radius 3 is 2.47 bits per heavy atom. The van der Waals surface area contributed by atoms with Crippen molar-refractivity contribution in [1.29, 1.82) is 0 Å². The highest BCUT2D eigenvalue weighted by atomic mass is 32.2. The monoisotopic (exact) mass is 281 g/mol. The number of carbonyl (C=O) groups is 1. The third-order valence-electron chi connectivity index (χ3n) is 2.41. The predicted molar refractivity (Wildman–Crippen MR) is 71.6 cm³/mol. The van der Waals surface area contributed by atoms with Gasteiger partial charge in [0.05, 0.1) is 17.5 Å². The highest BCUT2D eigenvalue weighted by molar-refractivity contribution is 7.89. The first-order valence-electron chi connectivity index (χ1n) is 5.45. The lowest BCUT2D eigenvalue weighted by atomic mass is 10.1. The standard InChI is InChI=1S/C12H15N3O3S/c1-3-8-14-12(16)15-9(2)10-4-6-11(7-5-10)19(13,17)18/h1,4-7,9H,8H2,2H3,(H2,13,17,18)(H2,14,15,16)/t9-/m1/s1. The first-order valence-corrected chi connectivity index (χ1v) is 7.00. The van der Waals surface area contributed by atoms with Crippen LogP contribution in [0.15, 0.2) is 29.2 Å². The van der Waals surface area contributed by atoms with Crippen LogP contribution in [0.4, 0.5) is 4.79 Å². The zero-order valence-electron chi connectivity index (χ0n) is 10.4. The summed E-state index contributed by atoms with van der Waals surface area (Å²) in [6.07, 6.45) is 5.01. The molecule has 1 rings (SSSR count). The topological polar surface area (TPSA) is 101 Å². The van der Waals surface area contributed by atoms with Gasteiger partial charge in [0.2, 0.25) is 10.0 Å². The molecule has 7 heteroatoms. The lowest BCUT2D eigenvalue weighted by Crippen LogP contribution is -2.37. The Labute approximate surface area is 112 Å². The Bertz CT molecular complexity index is 588. The van der Waals surface area contributed by atoms with Gasteiger partial charge in [-0.3, -0.25) is 0 Å². The van der Waals surface area contributed by atoms with Crippen molar-refractivity contribution < 1.29 is 13.2 Å². The zero-order valence-corrected chi connectivity index (χ0v) is 11.2. The highest BCUT2D eigenvalue weighted by Gasteiger charge is 2.11. The van der Waals surface area contributed by atoms with Crippen LogP contribution in [0.3, 0.4) is 0 Å². The molecule has 0 saturated carbocycles. The SMILES string of the molecule is C#CCNC(=O)N[C@H](C)c1ccc(S(N)(=O)=O)cc1. The van der Waals surface area contributed by atoms with Crippen LogP contribution in [0.1, 0.15) is 18.5 Å². The molecular weight excluding hydrogens is 266 g/mol. The number of urea groups is 1. The summed E-state index contributed by atoms with van der Waals surface area (Å²) in [4.78, 5) is 11.4. The summed E-state index contributed by atoms with van der Waals surface area (Å²) in [5.74, 6) is 2.28. The molecule has 0 aliphatic heterocycles. The number of amides is 2. The number of hydrogen-bond acceptors (Lipinski definition) is 3. The van der Waals surface area contributed by atoms with E-state index in [1.807, 2.05) is 0 Å². The lowest BCUT2D eigenvalue weighted by Gasteiger charge is -2.14. The average Bonchev–Trinajstić information content (AvgIpc) is 2.35. The largest absolute Gasteiger partial charge is 0.332 e. The van der Waals surface area contributed by atoms with Gasteiger partial charge in [0, 0.05) is 0 Å². The maximum atomic E-state index is 11.4. The number of rotatable bonds is 4. The lowest BCUT2D eigenvalue weighted by molar-refractivity contribution is 0.239. The molecule has 0 aromatic heterocycles. The average molecular weight is 281 g/mol. The summed E-state index contributed by atoms with van der Waals surface area (Å²) in [6.45, 7) is 1.91. The van der Waals surface area contributed by atoms with E-state index in [1.54, 1.807) is 19.1 Å². The maximum absolute atomic E-state index is 11.4. The van der Waals surface area contributed by atoms with E-state index in [9.17, 15) is 13.2 Å². The minimum Gasteiger partial charge on any atom is -0.332 e. The quantitative estimate of drug-likeness (QED) is 0.693. The van der Waals surface area contributed by atoms with Crippen LogP contribution in [0.5, 0.6) is 0 Å². The molecule has 0 spiro atoms. The zero-order chi connectivity index (χ0) is 14.5. The number of hydrogen-bond donors (Lipinski definition) is 3. The summed E-state index contributed by atoms with van der Waals surface area (Å²) in [7, 11) is -3.70. The van der Waals surface area contributed by atoms with Gasteiger partial charge in [-0.15, -0.1) is 6.42 Å². The Morgan fingerprint density at radius 2 is 2.00 bits per heavy atom. The summed E-state index contributed by atoms with van der Waals surface area (Å²) >= 11 is 0. The summed E-state index contributed by atoms with van der Waals surface area (Å²) in [5, 5.41) is 10.1. The molecule has 19 heavy (non-hydrogen) atoms. The molecule has 1 aromatic carbocycles. The first kappa shape index (κ1) is 15.0. The van der Waals surface area contributed by atoms with Crippen LogP contribution in [0.25, 0.3) is 0 Å². The molecule has 4 N–H and O–H groups in total. The predicted octanol–water partition coefficient (Wildman–Crippen LogP) is 0.327. The van der Waals surface area contributed by atoms with Crippen molar-refractivity contribution in [1.82, 2.24) is 10.6 Å². The van der Waals surface area contributed by atoms with Crippen LogP contribution < -0.4 is 15.8 Å². The van der Waals surface area contributed by atoms with E-state index >= 15 is 0 Å². The van der Waals surface area contributed by atoms with E-state index < -0.39 is 10.0 Å². The molecule has 1 atom stereocenters. The molecule has 0 unspecified atom stereocenters. The molecule has 6 nitrogen and oxygen atoms in total. The minimum absolute atomic E-state index is 0.0280. The van der Waals surface area contributed by atoms with Crippen molar-refractivity contribution in [2.24, 2.45) is 5.14 Å². The van der Waals surface area contributed by atoms with Gasteiger partial charge in [-0.25, -0.2) is 18.4 Å². The van der Waals surface area contributed by atoms with Crippen molar-refractivity contribution in [3.63, 3.8) is 0 Å². The fourth-order valence-corrected chi connectivity index (χ4v) is 1.92. The smallest absolute Gasteiger partial charge is 0.316 e. The Morgan fingerprint density at radius 1 is 1.42 bits per heavy atom. The molecule has 102 valence electrons. The summed E-state index contributed by atoms with van der Waals surface area (Å²) in [6, 6.07) is 5.29. The Kier molecular flexibility index (Phi) is 4.92. The van der Waals surface area contributed by atoms with E-state index in [4.69, 9.17) is 11.6 Å². The minimum atomic E-state index is -3.70. The second-order valence-electron chi connectivity index (χ2n) is 3.87. The van der Waals surface area contributed by atoms with Crippen molar-refractivity contribution >= 4 is 16.1 Å². The Balaban J connectivity index is 2.71. The van der Waals surface area contributed by atoms with E-state index in [-0.39, 0.29) is 23.5 Å². The van der Waals surface area contributed by atoms with E-state index in [0.717, 1.165) is 5.56 Å². The van der Waals surface area contributed by atoms with Gasteiger partial charge in [0.15, 0.2) is 0 Å². The second-order valence-corrected chi connectivity index (χ2v) is 5.43. The Hall–Kier alpha value is -2.04. The van der Waals surface area contributed by atoms with Crippen LogP contribution in [-0.2, 0) is 10.0 Å². The highest BCUT2D eigenvalue weighted by Crippen LogP contribution is 2.15. The number of carbonyl (C=O) groups excluding carboxylic acids is 1. The third kappa shape index (κ3) is 4.62. The maximum Gasteiger partial charge on any atom is 0.316 e. The van der Waals surface area contributed by atoms with E-state index in [2.05, 4.69) is 16.6 Å². The number of terminal acetylenes is 1. The van der Waals surface area contributed by atoms with E-state index in [1.165, 1.54) is 12.1 Å². The molecule has 0 aliphatic rings. The number of primary sulfonamides is 1. The molecule has 0 saturated heterocycles. The van der Waals surface area contributed by atoms with Gasteiger partial charge in [0.1, 0.15) is 0 Å². The summed E-state index contributed by atoms with van der Waals surface area (Å²) in [5.41, 5.74) is 0.753. The van der Waals surface area contributed by atoms with Gasteiger partial charge in [-0.2, -0.15) is 0 Å². The molecular formula is C12H15N3O3S. The molecule has 0 aliphatic carbocycles. The third-order valence-corrected chi connectivity index (χ3v) is 3.34. The fraction of sp³-hybridized carbons (Fsp3) is 0.250. The number of sulfonamides is 1. The molecule has 1 aromatic rings. The number of benzene rings is 1. The molecule has 0 radical (unpaired) electrons. The van der Waals surface area contributed by atoms with Gasteiger partial charge in [0.25, 0.3) is 0 Å². The summed E-state index contributed by atoms with van der Waals surface area (Å²) < 4.78 is 22.2. The second kappa shape index (κ2) is 6.22. The molecule has 0 heterocycles. The number of nitrogens with two attached hydrogens (primary N) is 1. The van der Waals surface area contributed by atoms with Crippen molar-refractivity contribution in [2.45, 2.75) is 17.9 Å². The van der Waals surface area contributed by atoms with Crippen LogP contribution in [-0.4, -0.2) is 21.0 Å². The fourth-order valence-electron chi connectivity index (χ4n) is 1.41. The first-order chi connectivity index (χ1) is 8.84.